The monoisotopic (exact) mass is 280 g/mol. The molecule has 1 atom stereocenters. The van der Waals surface area contributed by atoms with Crippen molar-refractivity contribution in [3.05, 3.63) is 23.8 Å². The molecule has 0 heterocycles. The zero-order chi connectivity index (χ0) is 15.0. The predicted molar refractivity (Wildman–Crippen MR) is 79.3 cm³/mol. The largest absolute Gasteiger partial charge is 0.493 e. The first kappa shape index (κ1) is 16.3. The minimum Gasteiger partial charge on any atom is -0.493 e. The summed E-state index contributed by atoms with van der Waals surface area (Å²) in [5.41, 5.74) is 1.10. The van der Waals surface area contributed by atoms with Crippen molar-refractivity contribution in [1.29, 1.82) is 0 Å². The number of rotatable bonds is 8. The Balaban J connectivity index is 2.55. The average Bonchev–Trinajstić information content (AvgIpc) is 2.46. The molecule has 0 saturated heterocycles. The van der Waals surface area contributed by atoms with Crippen LogP contribution in [0.2, 0.25) is 0 Å². The molecule has 0 aliphatic heterocycles. The fourth-order valence-electron chi connectivity index (χ4n) is 1.93. The normalized spacial score (nSPS) is 11.8. The third-order valence-electron chi connectivity index (χ3n) is 3.08. The molecule has 1 unspecified atom stereocenters. The Morgan fingerprint density at radius 3 is 2.55 bits per heavy atom. The molecule has 0 aliphatic rings. The summed E-state index contributed by atoms with van der Waals surface area (Å²) in [6, 6.07) is 5.97. The summed E-state index contributed by atoms with van der Waals surface area (Å²) in [7, 11) is 3.24. The Morgan fingerprint density at radius 2 is 1.95 bits per heavy atom. The number of benzene rings is 1. The van der Waals surface area contributed by atoms with E-state index in [0.29, 0.717) is 31.0 Å². The van der Waals surface area contributed by atoms with E-state index >= 15 is 0 Å². The van der Waals surface area contributed by atoms with Crippen molar-refractivity contribution in [3.8, 4) is 11.5 Å². The van der Waals surface area contributed by atoms with Crippen LogP contribution in [0.3, 0.4) is 0 Å². The SMILES string of the molecule is CCNC(=O)CCNC(C)c1ccc(OC)c(OC)c1. The second-order valence-electron chi connectivity index (χ2n) is 4.49. The third kappa shape index (κ3) is 4.74. The summed E-state index contributed by atoms with van der Waals surface area (Å²) < 4.78 is 10.5. The molecule has 112 valence electrons. The third-order valence-corrected chi connectivity index (χ3v) is 3.08. The molecule has 1 amide bonds. The molecule has 1 aromatic carbocycles. The Kier molecular flexibility index (Phi) is 6.87. The van der Waals surface area contributed by atoms with Gasteiger partial charge in [0.2, 0.25) is 5.91 Å². The Morgan fingerprint density at radius 1 is 1.25 bits per heavy atom. The molecule has 0 bridgehead atoms. The zero-order valence-electron chi connectivity index (χ0n) is 12.7. The lowest BCUT2D eigenvalue weighted by Gasteiger charge is -2.16. The maximum Gasteiger partial charge on any atom is 0.221 e. The van der Waals surface area contributed by atoms with Gasteiger partial charge >= 0.3 is 0 Å². The van der Waals surface area contributed by atoms with E-state index < -0.39 is 0 Å². The van der Waals surface area contributed by atoms with Crippen molar-refractivity contribution < 1.29 is 14.3 Å². The van der Waals surface area contributed by atoms with Gasteiger partial charge in [-0.1, -0.05) is 6.07 Å². The van der Waals surface area contributed by atoms with E-state index in [1.54, 1.807) is 14.2 Å². The maximum absolute atomic E-state index is 11.4. The molecule has 2 N–H and O–H groups in total. The van der Waals surface area contributed by atoms with Gasteiger partial charge in [-0.25, -0.2) is 0 Å². The molecule has 0 aliphatic carbocycles. The standard InChI is InChI=1S/C15H24N2O3/c1-5-16-15(18)8-9-17-11(2)12-6-7-13(19-3)14(10-12)20-4/h6-7,10-11,17H,5,8-9H2,1-4H3,(H,16,18). The predicted octanol–water partition coefficient (Wildman–Crippen LogP) is 1.88. The van der Waals surface area contributed by atoms with Gasteiger partial charge in [-0.05, 0) is 31.5 Å². The lowest BCUT2D eigenvalue weighted by Crippen LogP contribution is -2.28. The number of carbonyl (C=O) groups excluding carboxylic acids is 1. The number of hydrogen-bond donors (Lipinski definition) is 2. The van der Waals surface area contributed by atoms with Crippen LogP contribution in [0, 0.1) is 0 Å². The van der Waals surface area contributed by atoms with E-state index in [4.69, 9.17) is 9.47 Å². The van der Waals surface area contributed by atoms with Crippen LogP contribution in [-0.4, -0.2) is 33.2 Å². The van der Waals surface area contributed by atoms with Crippen LogP contribution in [0.4, 0.5) is 0 Å². The molecule has 0 fully saturated rings. The average molecular weight is 280 g/mol. The smallest absolute Gasteiger partial charge is 0.221 e. The first-order valence-corrected chi connectivity index (χ1v) is 6.84. The second-order valence-corrected chi connectivity index (χ2v) is 4.49. The van der Waals surface area contributed by atoms with Gasteiger partial charge in [0.25, 0.3) is 0 Å². The van der Waals surface area contributed by atoms with Crippen molar-refractivity contribution in [1.82, 2.24) is 10.6 Å². The summed E-state index contributed by atoms with van der Waals surface area (Å²) >= 11 is 0. The van der Waals surface area contributed by atoms with Gasteiger partial charge in [0.05, 0.1) is 14.2 Å². The molecule has 0 radical (unpaired) electrons. The second kappa shape index (κ2) is 8.43. The summed E-state index contributed by atoms with van der Waals surface area (Å²) in [5.74, 6) is 1.49. The van der Waals surface area contributed by atoms with Gasteiger partial charge in [0.1, 0.15) is 0 Å². The van der Waals surface area contributed by atoms with E-state index in [2.05, 4.69) is 17.6 Å². The van der Waals surface area contributed by atoms with E-state index in [-0.39, 0.29) is 11.9 Å². The molecule has 20 heavy (non-hydrogen) atoms. The molecular formula is C15H24N2O3. The first-order chi connectivity index (χ1) is 9.62. The molecule has 5 heteroatoms. The quantitative estimate of drug-likeness (QED) is 0.763. The molecule has 1 rings (SSSR count). The highest BCUT2D eigenvalue weighted by Gasteiger charge is 2.10. The molecule has 1 aromatic rings. The van der Waals surface area contributed by atoms with Gasteiger partial charge in [-0.2, -0.15) is 0 Å². The summed E-state index contributed by atoms with van der Waals surface area (Å²) in [6.45, 7) is 5.28. The Hall–Kier alpha value is -1.75. The van der Waals surface area contributed by atoms with E-state index in [1.165, 1.54) is 0 Å². The molecule has 0 saturated carbocycles. The Labute approximate surface area is 120 Å². The van der Waals surface area contributed by atoms with Gasteiger partial charge < -0.3 is 20.1 Å². The lowest BCUT2D eigenvalue weighted by molar-refractivity contribution is -0.120. The van der Waals surface area contributed by atoms with Crippen LogP contribution in [0.5, 0.6) is 11.5 Å². The van der Waals surface area contributed by atoms with Crippen LogP contribution in [0.25, 0.3) is 0 Å². The maximum atomic E-state index is 11.4. The van der Waals surface area contributed by atoms with Crippen molar-refractivity contribution in [2.24, 2.45) is 0 Å². The highest BCUT2D eigenvalue weighted by atomic mass is 16.5. The van der Waals surface area contributed by atoms with Gasteiger partial charge in [-0.3, -0.25) is 4.79 Å². The minimum atomic E-state index is 0.0690. The van der Waals surface area contributed by atoms with Crippen LogP contribution in [0.1, 0.15) is 31.9 Å². The zero-order valence-corrected chi connectivity index (χ0v) is 12.7. The number of methoxy groups -OCH3 is 2. The molecule has 0 spiro atoms. The van der Waals surface area contributed by atoms with Crippen molar-refractivity contribution in [2.45, 2.75) is 26.3 Å². The topological polar surface area (TPSA) is 59.6 Å². The van der Waals surface area contributed by atoms with Crippen LogP contribution in [0.15, 0.2) is 18.2 Å². The van der Waals surface area contributed by atoms with Crippen LogP contribution < -0.4 is 20.1 Å². The van der Waals surface area contributed by atoms with Crippen LogP contribution in [-0.2, 0) is 4.79 Å². The van der Waals surface area contributed by atoms with E-state index in [1.807, 2.05) is 25.1 Å². The first-order valence-electron chi connectivity index (χ1n) is 6.84. The Bertz CT molecular complexity index is 435. The number of amides is 1. The summed E-state index contributed by atoms with van der Waals surface area (Å²) in [5, 5.41) is 6.10. The molecule has 0 aromatic heterocycles. The number of nitrogens with one attached hydrogen (secondary N) is 2. The fraction of sp³-hybridized carbons (Fsp3) is 0.533. The lowest BCUT2D eigenvalue weighted by atomic mass is 10.1. The van der Waals surface area contributed by atoms with E-state index in [0.717, 1.165) is 5.56 Å². The van der Waals surface area contributed by atoms with Crippen LogP contribution >= 0.6 is 0 Å². The van der Waals surface area contributed by atoms with Gasteiger partial charge in [0.15, 0.2) is 11.5 Å². The van der Waals surface area contributed by atoms with Crippen molar-refractivity contribution in [2.75, 3.05) is 27.3 Å². The van der Waals surface area contributed by atoms with Gasteiger partial charge in [-0.15, -0.1) is 0 Å². The summed E-state index contributed by atoms with van der Waals surface area (Å²) in [4.78, 5) is 11.4. The van der Waals surface area contributed by atoms with E-state index in [9.17, 15) is 4.79 Å². The van der Waals surface area contributed by atoms with Crippen molar-refractivity contribution in [3.63, 3.8) is 0 Å². The number of ether oxygens (including phenoxy) is 2. The van der Waals surface area contributed by atoms with Crippen molar-refractivity contribution >= 4 is 5.91 Å². The van der Waals surface area contributed by atoms with Gasteiger partial charge in [0, 0.05) is 25.6 Å². The minimum absolute atomic E-state index is 0.0690. The highest BCUT2D eigenvalue weighted by molar-refractivity contribution is 5.75. The summed E-state index contributed by atoms with van der Waals surface area (Å²) in [6.07, 6.45) is 0.478. The fourth-order valence-corrected chi connectivity index (χ4v) is 1.93. The highest BCUT2D eigenvalue weighted by Crippen LogP contribution is 2.29. The number of carbonyl (C=O) groups is 1. The molecular weight excluding hydrogens is 256 g/mol. The molecule has 5 nitrogen and oxygen atoms in total. The number of hydrogen-bond acceptors (Lipinski definition) is 4.